The van der Waals surface area contributed by atoms with Crippen LogP contribution in [0.4, 0.5) is 0 Å². The van der Waals surface area contributed by atoms with Gasteiger partial charge in [0.2, 0.25) is 5.91 Å². The van der Waals surface area contributed by atoms with E-state index in [9.17, 15) is 4.79 Å². The molecule has 0 aromatic carbocycles. The monoisotopic (exact) mass is 348 g/mol. The van der Waals surface area contributed by atoms with Gasteiger partial charge in [-0.15, -0.1) is 11.3 Å². The summed E-state index contributed by atoms with van der Waals surface area (Å²) in [7, 11) is 0. The Balaban J connectivity index is 1.41. The van der Waals surface area contributed by atoms with E-state index in [-0.39, 0.29) is 11.5 Å². The van der Waals surface area contributed by atoms with Crippen molar-refractivity contribution in [3.05, 3.63) is 21.9 Å². The lowest BCUT2D eigenvalue weighted by molar-refractivity contribution is -0.121. The van der Waals surface area contributed by atoms with Crippen molar-refractivity contribution in [1.29, 1.82) is 0 Å². The van der Waals surface area contributed by atoms with Crippen LogP contribution in [0.2, 0.25) is 0 Å². The standard InChI is InChI=1S/C19H28N2O2S/c1-3-4-18(22)20-9-14-15-10-21(11-17-13(2)6-8-24-17)12-19(15)7-5-16(14)23-19/h6,8,14-16H,3-5,7,9-12H2,1-2H3,(H,20,22)/t14-,15+,16+,19+/m0/s1. The van der Waals surface area contributed by atoms with Gasteiger partial charge in [0, 0.05) is 49.3 Å². The molecule has 0 aliphatic carbocycles. The van der Waals surface area contributed by atoms with Crippen LogP contribution in [0.1, 0.15) is 43.0 Å². The second-order valence-corrected chi connectivity index (χ2v) is 8.78. The second-order valence-electron chi connectivity index (χ2n) is 7.78. The van der Waals surface area contributed by atoms with Crippen LogP contribution in [0.3, 0.4) is 0 Å². The molecule has 4 atom stereocenters. The molecule has 0 saturated carbocycles. The summed E-state index contributed by atoms with van der Waals surface area (Å²) < 4.78 is 6.48. The molecule has 1 spiro atoms. The number of hydrogen-bond acceptors (Lipinski definition) is 4. The highest BCUT2D eigenvalue weighted by atomic mass is 32.1. The molecule has 1 amide bonds. The Labute approximate surface area is 148 Å². The first-order valence-corrected chi connectivity index (χ1v) is 10.2. The highest BCUT2D eigenvalue weighted by Gasteiger charge is 2.62. The number of hydrogen-bond donors (Lipinski definition) is 1. The molecule has 1 aromatic heterocycles. The fourth-order valence-corrected chi connectivity index (χ4v) is 5.94. The Hall–Kier alpha value is -0.910. The number of nitrogens with zero attached hydrogens (tertiary/aromatic N) is 1. The van der Waals surface area contributed by atoms with Crippen LogP contribution < -0.4 is 5.32 Å². The van der Waals surface area contributed by atoms with Gasteiger partial charge >= 0.3 is 0 Å². The molecule has 1 aromatic rings. The van der Waals surface area contributed by atoms with Gasteiger partial charge in [-0.1, -0.05) is 6.92 Å². The van der Waals surface area contributed by atoms with Gasteiger partial charge in [-0.2, -0.15) is 0 Å². The first-order valence-electron chi connectivity index (χ1n) is 9.31. The van der Waals surface area contributed by atoms with E-state index in [1.807, 2.05) is 11.3 Å². The number of thiophene rings is 1. The van der Waals surface area contributed by atoms with Crippen LogP contribution in [0.5, 0.6) is 0 Å². The van der Waals surface area contributed by atoms with Crippen LogP contribution in [0.15, 0.2) is 11.4 Å². The molecular weight excluding hydrogens is 320 g/mol. The Morgan fingerprint density at radius 1 is 1.54 bits per heavy atom. The number of nitrogens with one attached hydrogen (secondary N) is 1. The highest BCUT2D eigenvalue weighted by Crippen LogP contribution is 2.54. The molecular formula is C19H28N2O2S. The molecule has 0 unspecified atom stereocenters. The van der Waals surface area contributed by atoms with Crippen LogP contribution >= 0.6 is 11.3 Å². The van der Waals surface area contributed by atoms with Crippen molar-refractivity contribution < 1.29 is 9.53 Å². The second kappa shape index (κ2) is 6.43. The van der Waals surface area contributed by atoms with Crippen molar-refractivity contribution in [3.63, 3.8) is 0 Å². The van der Waals surface area contributed by atoms with Crippen molar-refractivity contribution in [3.8, 4) is 0 Å². The molecule has 0 radical (unpaired) electrons. The number of carbonyl (C=O) groups is 1. The smallest absolute Gasteiger partial charge is 0.219 e. The van der Waals surface area contributed by atoms with E-state index in [2.05, 4.69) is 35.5 Å². The van der Waals surface area contributed by atoms with Crippen molar-refractivity contribution in [2.45, 2.75) is 57.8 Å². The Kier molecular flexibility index (Phi) is 4.43. The third kappa shape index (κ3) is 2.80. The lowest BCUT2D eigenvalue weighted by atomic mass is 9.73. The fourth-order valence-electron chi connectivity index (χ4n) is 5.00. The van der Waals surface area contributed by atoms with E-state index in [0.29, 0.717) is 24.4 Å². The maximum Gasteiger partial charge on any atom is 0.219 e. The summed E-state index contributed by atoms with van der Waals surface area (Å²) in [5.74, 6) is 1.27. The number of rotatable bonds is 6. The molecule has 2 bridgehead atoms. The average molecular weight is 349 g/mol. The fraction of sp³-hybridized carbons (Fsp3) is 0.737. The van der Waals surface area contributed by atoms with E-state index < -0.39 is 0 Å². The third-order valence-corrected chi connectivity index (χ3v) is 7.21. The minimum atomic E-state index is 0.0655. The van der Waals surface area contributed by atoms with Gasteiger partial charge in [-0.3, -0.25) is 9.69 Å². The highest BCUT2D eigenvalue weighted by molar-refractivity contribution is 7.10. The molecule has 4 heterocycles. The summed E-state index contributed by atoms with van der Waals surface area (Å²) in [6, 6.07) is 2.21. The number of ether oxygens (including phenoxy) is 1. The van der Waals surface area contributed by atoms with Crippen LogP contribution in [0, 0.1) is 18.8 Å². The normalized spacial score (nSPS) is 34.7. The van der Waals surface area contributed by atoms with Gasteiger partial charge < -0.3 is 10.1 Å². The zero-order valence-electron chi connectivity index (χ0n) is 14.7. The van der Waals surface area contributed by atoms with Crippen LogP contribution in [0.25, 0.3) is 0 Å². The lowest BCUT2D eigenvalue weighted by Crippen LogP contribution is -2.41. The minimum Gasteiger partial charge on any atom is -0.370 e. The molecule has 132 valence electrons. The Morgan fingerprint density at radius 2 is 2.42 bits per heavy atom. The maximum atomic E-state index is 11.8. The lowest BCUT2D eigenvalue weighted by Gasteiger charge is -2.29. The summed E-state index contributed by atoms with van der Waals surface area (Å²) in [5, 5.41) is 5.34. The van der Waals surface area contributed by atoms with E-state index in [1.54, 1.807) is 0 Å². The largest absolute Gasteiger partial charge is 0.370 e. The van der Waals surface area contributed by atoms with Crippen molar-refractivity contribution in [2.24, 2.45) is 11.8 Å². The number of carbonyl (C=O) groups excluding carboxylic acids is 1. The third-order valence-electron chi connectivity index (χ3n) is 6.20. The molecule has 1 N–H and O–H groups in total. The molecule has 3 aliphatic heterocycles. The van der Waals surface area contributed by atoms with Gasteiger partial charge in [0.05, 0.1) is 11.7 Å². The Bertz CT molecular complexity index is 616. The number of aryl methyl sites for hydroxylation is 1. The van der Waals surface area contributed by atoms with Crippen molar-refractivity contribution in [2.75, 3.05) is 19.6 Å². The molecule has 3 aliphatic rings. The van der Waals surface area contributed by atoms with E-state index >= 15 is 0 Å². The van der Waals surface area contributed by atoms with Crippen molar-refractivity contribution >= 4 is 17.2 Å². The number of fused-ring (bicyclic) bond motifs is 1. The number of likely N-dealkylation sites (tertiary alicyclic amines) is 1. The van der Waals surface area contributed by atoms with Crippen LogP contribution in [-0.2, 0) is 16.1 Å². The van der Waals surface area contributed by atoms with Gasteiger partial charge in [0.1, 0.15) is 0 Å². The van der Waals surface area contributed by atoms with Gasteiger partial charge in [0.25, 0.3) is 0 Å². The predicted molar refractivity (Wildman–Crippen MR) is 96.1 cm³/mol. The van der Waals surface area contributed by atoms with Gasteiger partial charge in [0.15, 0.2) is 0 Å². The summed E-state index contributed by atoms with van der Waals surface area (Å²) in [4.78, 5) is 15.9. The topological polar surface area (TPSA) is 41.6 Å². The molecule has 3 fully saturated rings. The van der Waals surface area contributed by atoms with E-state index in [1.165, 1.54) is 16.9 Å². The van der Waals surface area contributed by atoms with Gasteiger partial charge in [-0.25, -0.2) is 0 Å². The van der Waals surface area contributed by atoms with E-state index in [0.717, 1.165) is 39.0 Å². The first kappa shape index (κ1) is 16.6. The minimum absolute atomic E-state index is 0.0655. The SMILES string of the molecule is CCCC(=O)NC[C@H]1[C@H]2CN(Cc3sccc3C)C[C@]23CC[C@H]1O3. The molecule has 3 saturated heterocycles. The molecule has 4 rings (SSSR count). The zero-order valence-corrected chi connectivity index (χ0v) is 15.5. The van der Waals surface area contributed by atoms with Crippen molar-refractivity contribution in [1.82, 2.24) is 10.2 Å². The predicted octanol–water partition coefficient (Wildman–Crippen LogP) is 2.95. The van der Waals surface area contributed by atoms with E-state index in [4.69, 9.17) is 4.74 Å². The maximum absolute atomic E-state index is 11.8. The molecule has 24 heavy (non-hydrogen) atoms. The summed E-state index contributed by atoms with van der Waals surface area (Å²) in [5.41, 5.74) is 1.47. The summed E-state index contributed by atoms with van der Waals surface area (Å²) in [6.45, 7) is 8.27. The number of amides is 1. The summed E-state index contributed by atoms with van der Waals surface area (Å²) in [6.07, 6.45) is 4.27. The molecule has 5 heteroatoms. The summed E-state index contributed by atoms with van der Waals surface area (Å²) >= 11 is 1.86. The van der Waals surface area contributed by atoms with Crippen LogP contribution in [-0.4, -0.2) is 42.1 Å². The molecule has 4 nitrogen and oxygen atoms in total. The average Bonchev–Trinajstić information content (AvgIpc) is 3.27. The quantitative estimate of drug-likeness (QED) is 0.859. The Morgan fingerprint density at radius 3 is 3.17 bits per heavy atom. The zero-order chi connectivity index (χ0) is 16.7. The van der Waals surface area contributed by atoms with Gasteiger partial charge in [-0.05, 0) is 43.2 Å². The first-order chi connectivity index (χ1) is 11.6.